The van der Waals surface area contributed by atoms with Gasteiger partial charge in [0.25, 0.3) is 0 Å². The summed E-state index contributed by atoms with van der Waals surface area (Å²) in [5.41, 5.74) is -0.202. The number of pyridine rings is 1. The lowest BCUT2D eigenvalue weighted by Gasteiger charge is -2.37. The first-order valence-electron chi connectivity index (χ1n) is 12.0. The Balaban J connectivity index is 1.86. The predicted molar refractivity (Wildman–Crippen MR) is 131 cm³/mol. The average Bonchev–Trinajstić information content (AvgIpc) is 3.21. The van der Waals surface area contributed by atoms with E-state index in [0.717, 1.165) is 24.1 Å². The quantitative estimate of drug-likeness (QED) is 0.579. The number of aromatic nitrogens is 1. The normalized spacial score (nSPS) is 25.5. The largest absolute Gasteiger partial charge is 0.481 e. The fourth-order valence-electron chi connectivity index (χ4n) is 4.73. The van der Waals surface area contributed by atoms with Crippen LogP contribution in [0.4, 0.5) is 4.79 Å². The summed E-state index contributed by atoms with van der Waals surface area (Å²) in [5, 5.41) is 12.1. The van der Waals surface area contributed by atoms with Gasteiger partial charge in [0.2, 0.25) is 5.88 Å². The molecule has 33 heavy (non-hydrogen) atoms. The van der Waals surface area contributed by atoms with Crippen molar-refractivity contribution in [3.8, 4) is 5.88 Å². The molecule has 3 rings (SSSR count). The summed E-state index contributed by atoms with van der Waals surface area (Å²) >= 11 is 0. The van der Waals surface area contributed by atoms with E-state index in [1.807, 2.05) is 26.8 Å². The molecule has 0 aliphatic carbocycles. The Hall–Kier alpha value is -1.64. The third-order valence-electron chi connectivity index (χ3n) is 7.44. The fourth-order valence-corrected chi connectivity index (χ4v) is 5.77. The van der Waals surface area contributed by atoms with Crippen LogP contribution in [-0.4, -0.2) is 60.8 Å². The lowest BCUT2D eigenvalue weighted by molar-refractivity contribution is -0.0164. The zero-order chi connectivity index (χ0) is 24.8. The van der Waals surface area contributed by atoms with Gasteiger partial charge in [0.05, 0.1) is 18.8 Å². The van der Waals surface area contributed by atoms with Crippen LogP contribution >= 0.6 is 0 Å². The van der Waals surface area contributed by atoms with Crippen LogP contribution in [-0.2, 0) is 21.2 Å². The summed E-state index contributed by atoms with van der Waals surface area (Å²) in [4.78, 5) is 19.4. The van der Waals surface area contributed by atoms with Crippen molar-refractivity contribution < 1.29 is 23.8 Å². The van der Waals surface area contributed by atoms with Crippen molar-refractivity contribution in [2.45, 2.75) is 109 Å². The number of hydrogen-bond acceptors (Lipinski definition) is 6. The SMILES string of the molecule is COc1ccc(C2(O)CC3CCC2N3C(=O)OC(C)(C)C)c(CCO[Si](C)(C)C(C)(C)C)n1. The number of hydrogen-bond donors (Lipinski definition) is 1. The van der Waals surface area contributed by atoms with E-state index in [9.17, 15) is 9.90 Å². The Morgan fingerprint density at radius 1 is 1.21 bits per heavy atom. The second kappa shape index (κ2) is 8.85. The molecule has 3 atom stereocenters. The maximum atomic E-state index is 12.9. The first kappa shape index (κ1) is 26.0. The highest BCUT2D eigenvalue weighted by molar-refractivity contribution is 6.74. The summed E-state index contributed by atoms with van der Waals surface area (Å²) < 4.78 is 17.4. The van der Waals surface area contributed by atoms with Crippen LogP contribution in [0.1, 0.15) is 72.1 Å². The number of rotatable bonds is 6. The summed E-state index contributed by atoms with van der Waals surface area (Å²) in [6.07, 6.45) is 2.33. The molecule has 186 valence electrons. The van der Waals surface area contributed by atoms with Crippen LogP contribution in [0.5, 0.6) is 5.88 Å². The van der Waals surface area contributed by atoms with Gasteiger partial charge in [0.15, 0.2) is 8.32 Å². The molecular weight excluding hydrogens is 436 g/mol. The van der Waals surface area contributed by atoms with Gasteiger partial charge in [-0.1, -0.05) is 20.8 Å². The minimum absolute atomic E-state index is 0.0340. The van der Waals surface area contributed by atoms with Gasteiger partial charge in [-0.15, -0.1) is 0 Å². The summed E-state index contributed by atoms with van der Waals surface area (Å²) in [6.45, 7) is 17.2. The van der Waals surface area contributed by atoms with E-state index in [1.54, 1.807) is 18.1 Å². The van der Waals surface area contributed by atoms with Gasteiger partial charge in [-0.05, 0) is 57.8 Å². The van der Waals surface area contributed by atoms with Crippen molar-refractivity contribution in [1.29, 1.82) is 0 Å². The molecular formula is C25H42N2O5Si. The van der Waals surface area contributed by atoms with Crippen molar-refractivity contribution in [3.63, 3.8) is 0 Å². The number of aliphatic hydroxyl groups is 1. The smallest absolute Gasteiger partial charge is 0.410 e. The molecule has 1 aromatic rings. The van der Waals surface area contributed by atoms with E-state index < -0.39 is 19.5 Å². The van der Waals surface area contributed by atoms with E-state index in [4.69, 9.17) is 18.9 Å². The molecule has 8 heteroatoms. The fraction of sp³-hybridized carbons (Fsp3) is 0.760. The van der Waals surface area contributed by atoms with Crippen LogP contribution in [0.25, 0.3) is 0 Å². The third-order valence-corrected chi connectivity index (χ3v) is 12.0. The van der Waals surface area contributed by atoms with Gasteiger partial charge in [-0.2, -0.15) is 0 Å². The minimum atomic E-state index is -1.90. The molecule has 0 spiro atoms. The zero-order valence-corrected chi connectivity index (χ0v) is 22.8. The van der Waals surface area contributed by atoms with Crippen LogP contribution in [0, 0.1) is 0 Å². The van der Waals surface area contributed by atoms with Crippen molar-refractivity contribution in [3.05, 3.63) is 23.4 Å². The van der Waals surface area contributed by atoms with Gasteiger partial charge in [0, 0.05) is 37.1 Å². The van der Waals surface area contributed by atoms with Crippen LogP contribution in [0.2, 0.25) is 18.1 Å². The number of carbonyl (C=O) groups is 1. The van der Waals surface area contributed by atoms with Crippen molar-refractivity contribution in [2.24, 2.45) is 0 Å². The lowest BCUT2D eigenvalue weighted by atomic mass is 9.78. The highest BCUT2D eigenvalue weighted by Gasteiger charge is 2.59. The number of methoxy groups -OCH3 is 1. The van der Waals surface area contributed by atoms with Crippen molar-refractivity contribution in [2.75, 3.05) is 13.7 Å². The van der Waals surface area contributed by atoms with Gasteiger partial charge >= 0.3 is 6.09 Å². The Morgan fingerprint density at radius 2 is 1.88 bits per heavy atom. The monoisotopic (exact) mass is 478 g/mol. The maximum Gasteiger partial charge on any atom is 0.410 e. The number of carbonyl (C=O) groups excluding carboxylic acids is 1. The standard InChI is InChI=1S/C25H42N2O5Si/c1-23(2,3)32-22(28)27-17-10-12-20(27)25(29,16-17)18-11-13-21(30-7)26-19(18)14-15-31-33(8,9)24(4,5)6/h11,13,17,20,29H,10,12,14-16H2,1-9H3. The second-order valence-corrected chi connectivity index (χ2v) is 16.8. The van der Waals surface area contributed by atoms with E-state index in [0.29, 0.717) is 25.3 Å². The molecule has 0 radical (unpaired) electrons. The molecule has 0 aromatic carbocycles. The van der Waals surface area contributed by atoms with E-state index in [-0.39, 0.29) is 23.2 Å². The van der Waals surface area contributed by atoms with Crippen LogP contribution in [0.15, 0.2) is 12.1 Å². The first-order valence-corrected chi connectivity index (χ1v) is 14.9. The summed E-state index contributed by atoms with van der Waals surface area (Å²) in [5.74, 6) is 0.511. The zero-order valence-electron chi connectivity index (χ0n) is 21.8. The molecule has 2 bridgehead atoms. The molecule has 1 amide bonds. The predicted octanol–water partition coefficient (Wildman–Crippen LogP) is 5.01. The van der Waals surface area contributed by atoms with Crippen LogP contribution in [0.3, 0.4) is 0 Å². The summed E-state index contributed by atoms with van der Waals surface area (Å²) in [6, 6.07) is 3.33. The van der Waals surface area contributed by atoms with Crippen molar-refractivity contribution in [1.82, 2.24) is 9.88 Å². The Bertz CT molecular complexity index is 877. The van der Waals surface area contributed by atoms with E-state index in [1.165, 1.54) is 0 Å². The summed E-state index contributed by atoms with van der Waals surface area (Å²) in [7, 11) is -0.310. The molecule has 3 unspecified atom stereocenters. The highest BCUT2D eigenvalue weighted by Crippen LogP contribution is 2.51. The maximum absolute atomic E-state index is 12.9. The lowest BCUT2D eigenvalue weighted by Crippen LogP contribution is -2.45. The number of fused-ring (bicyclic) bond motifs is 2. The number of ether oxygens (including phenoxy) is 2. The molecule has 1 aromatic heterocycles. The molecule has 0 saturated carbocycles. The van der Waals surface area contributed by atoms with Gasteiger partial charge in [-0.3, -0.25) is 4.90 Å². The molecule has 7 nitrogen and oxygen atoms in total. The topological polar surface area (TPSA) is 81.1 Å². The van der Waals surface area contributed by atoms with Crippen molar-refractivity contribution >= 4 is 14.4 Å². The van der Waals surface area contributed by atoms with E-state index in [2.05, 4.69) is 33.9 Å². The molecule has 1 N–H and O–H groups in total. The Labute approximate surface area is 199 Å². The van der Waals surface area contributed by atoms with Gasteiger partial charge < -0.3 is 19.0 Å². The third kappa shape index (κ3) is 5.22. The number of amides is 1. The first-order chi connectivity index (χ1) is 15.1. The molecule has 2 aliphatic heterocycles. The second-order valence-electron chi connectivity index (χ2n) is 12.0. The van der Waals surface area contributed by atoms with Crippen LogP contribution < -0.4 is 4.74 Å². The molecule has 3 heterocycles. The molecule has 2 saturated heterocycles. The highest BCUT2D eigenvalue weighted by atomic mass is 28.4. The average molecular weight is 479 g/mol. The van der Waals surface area contributed by atoms with E-state index >= 15 is 0 Å². The van der Waals surface area contributed by atoms with Gasteiger partial charge in [0.1, 0.15) is 11.2 Å². The number of nitrogens with zero attached hydrogens (tertiary/aromatic N) is 2. The molecule has 2 fully saturated rings. The Kier molecular flexibility index (Phi) is 6.97. The minimum Gasteiger partial charge on any atom is -0.481 e. The Morgan fingerprint density at radius 3 is 2.45 bits per heavy atom. The van der Waals surface area contributed by atoms with Gasteiger partial charge in [-0.25, -0.2) is 9.78 Å². The molecule has 2 aliphatic rings.